The topological polar surface area (TPSA) is 44.3 Å². The third-order valence-corrected chi connectivity index (χ3v) is 4.24. The van der Waals surface area contributed by atoms with Crippen LogP contribution in [0.1, 0.15) is 12.0 Å². The molecule has 1 aliphatic heterocycles. The minimum atomic E-state index is 0.731. The first-order valence-electron chi connectivity index (χ1n) is 8.35. The van der Waals surface area contributed by atoms with E-state index in [0.29, 0.717) is 0 Å². The van der Waals surface area contributed by atoms with Gasteiger partial charge in [-0.05, 0) is 31.5 Å². The molecule has 1 N–H and O–H groups in total. The maximum absolute atomic E-state index is 4.65. The van der Waals surface area contributed by atoms with Crippen molar-refractivity contribution in [3.05, 3.63) is 48.2 Å². The van der Waals surface area contributed by atoms with Crippen LogP contribution in [-0.4, -0.2) is 54.6 Å². The number of hydrogen-bond acceptors (Lipinski definition) is 5. The number of rotatable bonds is 6. The Balaban J connectivity index is 1.48. The Morgan fingerprint density at radius 3 is 2.61 bits per heavy atom. The molecule has 2 aromatic rings. The highest BCUT2D eigenvalue weighted by Gasteiger charge is 2.15. The van der Waals surface area contributed by atoms with E-state index >= 15 is 0 Å². The van der Waals surface area contributed by atoms with Crippen molar-refractivity contribution < 1.29 is 0 Å². The summed E-state index contributed by atoms with van der Waals surface area (Å²) in [6, 6.07) is 12.6. The van der Waals surface area contributed by atoms with Gasteiger partial charge in [0, 0.05) is 38.9 Å². The predicted octanol–water partition coefficient (Wildman–Crippen LogP) is 2.27. The predicted molar refractivity (Wildman–Crippen MR) is 95.0 cm³/mol. The minimum absolute atomic E-state index is 0.731. The Kier molecular flexibility index (Phi) is 5.42. The number of aryl methyl sites for hydroxylation is 1. The van der Waals surface area contributed by atoms with E-state index in [-0.39, 0.29) is 0 Å². The number of nitrogens with one attached hydrogen (secondary N) is 1. The summed E-state index contributed by atoms with van der Waals surface area (Å²) in [5, 5.41) is 3.34. The number of likely N-dealkylation sites (N-methyl/N-ethyl adjacent to an activating group) is 1. The Morgan fingerprint density at radius 1 is 1.04 bits per heavy atom. The molecule has 5 heteroatoms. The van der Waals surface area contributed by atoms with Gasteiger partial charge in [0.2, 0.25) is 5.95 Å². The molecule has 1 aromatic heterocycles. The van der Waals surface area contributed by atoms with Crippen molar-refractivity contribution in [2.75, 3.05) is 50.0 Å². The van der Waals surface area contributed by atoms with Crippen LogP contribution in [0.3, 0.4) is 0 Å². The molecule has 1 aromatic carbocycles. The van der Waals surface area contributed by atoms with Crippen LogP contribution < -0.4 is 10.2 Å². The zero-order valence-corrected chi connectivity index (χ0v) is 13.8. The quantitative estimate of drug-likeness (QED) is 0.829. The van der Waals surface area contributed by atoms with Crippen molar-refractivity contribution in [3.63, 3.8) is 0 Å². The van der Waals surface area contributed by atoms with Gasteiger partial charge >= 0.3 is 0 Å². The second-order valence-corrected chi connectivity index (χ2v) is 6.04. The Bertz CT molecular complexity index is 593. The van der Waals surface area contributed by atoms with E-state index < -0.39 is 0 Å². The molecule has 3 rings (SSSR count). The van der Waals surface area contributed by atoms with Crippen molar-refractivity contribution in [2.45, 2.75) is 12.8 Å². The highest BCUT2D eigenvalue weighted by molar-refractivity contribution is 5.42. The van der Waals surface area contributed by atoms with E-state index in [9.17, 15) is 0 Å². The molecule has 0 atom stereocenters. The molecule has 0 saturated carbocycles. The third kappa shape index (κ3) is 4.66. The molecule has 0 amide bonds. The zero-order chi connectivity index (χ0) is 15.9. The lowest BCUT2D eigenvalue weighted by molar-refractivity contribution is 0.312. The number of aromatic nitrogens is 2. The van der Waals surface area contributed by atoms with Crippen LogP contribution in [0.25, 0.3) is 0 Å². The van der Waals surface area contributed by atoms with Crippen LogP contribution in [0.5, 0.6) is 0 Å². The van der Waals surface area contributed by atoms with Crippen LogP contribution in [0.2, 0.25) is 0 Å². The Labute approximate surface area is 138 Å². The zero-order valence-electron chi connectivity index (χ0n) is 13.8. The van der Waals surface area contributed by atoms with Gasteiger partial charge in [-0.25, -0.2) is 4.98 Å². The van der Waals surface area contributed by atoms with Gasteiger partial charge < -0.3 is 15.1 Å². The highest BCUT2D eigenvalue weighted by atomic mass is 15.3. The Morgan fingerprint density at radius 2 is 1.83 bits per heavy atom. The molecule has 0 radical (unpaired) electrons. The summed E-state index contributed by atoms with van der Waals surface area (Å²) in [5.74, 6) is 1.76. The lowest BCUT2D eigenvalue weighted by atomic mass is 10.1. The molecule has 0 spiro atoms. The molecule has 0 unspecified atom stereocenters. The van der Waals surface area contributed by atoms with Gasteiger partial charge in [-0.1, -0.05) is 30.3 Å². The second kappa shape index (κ2) is 7.92. The summed E-state index contributed by atoms with van der Waals surface area (Å²) in [7, 11) is 2.16. The van der Waals surface area contributed by atoms with Crippen molar-refractivity contribution in [2.24, 2.45) is 0 Å². The van der Waals surface area contributed by atoms with Crippen LogP contribution in [0, 0.1) is 0 Å². The van der Waals surface area contributed by atoms with Crippen LogP contribution in [-0.2, 0) is 6.42 Å². The van der Waals surface area contributed by atoms with Gasteiger partial charge in [0.25, 0.3) is 0 Å². The summed E-state index contributed by atoms with van der Waals surface area (Å²) >= 11 is 0. The lowest BCUT2D eigenvalue weighted by Crippen LogP contribution is -2.44. The first kappa shape index (κ1) is 15.7. The number of benzene rings is 1. The SMILES string of the molecule is CN1CCN(c2ccnc(NCCCc3ccccc3)n2)CC1. The number of piperazine rings is 1. The number of anilines is 2. The molecule has 0 aliphatic carbocycles. The maximum Gasteiger partial charge on any atom is 0.224 e. The number of hydrogen-bond donors (Lipinski definition) is 1. The van der Waals surface area contributed by atoms with E-state index in [4.69, 9.17) is 0 Å². The summed E-state index contributed by atoms with van der Waals surface area (Å²) in [6.07, 6.45) is 4.00. The first-order valence-corrected chi connectivity index (χ1v) is 8.35. The molecule has 1 fully saturated rings. The van der Waals surface area contributed by atoms with Gasteiger partial charge in [-0.2, -0.15) is 4.98 Å². The van der Waals surface area contributed by atoms with Crippen LogP contribution in [0.4, 0.5) is 11.8 Å². The van der Waals surface area contributed by atoms with E-state index in [0.717, 1.165) is 57.3 Å². The molecule has 1 aliphatic rings. The summed E-state index contributed by atoms with van der Waals surface area (Å²) in [5.41, 5.74) is 1.38. The van der Waals surface area contributed by atoms with Gasteiger partial charge in [0.05, 0.1) is 0 Å². The molecule has 0 bridgehead atoms. The standard InChI is InChI=1S/C18H25N5/c1-22-12-14-23(15-13-22)17-9-11-20-18(21-17)19-10-5-8-16-6-3-2-4-7-16/h2-4,6-7,9,11H,5,8,10,12-15H2,1H3,(H,19,20,21). The lowest BCUT2D eigenvalue weighted by Gasteiger charge is -2.33. The van der Waals surface area contributed by atoms with Gasteiger partial charge in [-0.3, -0.25) is 0 Å². The highest BCUT2D eigenvalue weighted by Crippen LogP contribution is 2.14. The largest absolute Gasteiger partial charge is 0.354 e. The molecule has 1 saturated heterocycles. The van der Waals surface area contributed by atoms with Crippen molar-refractivity contribution in [1.29, 1.82) is 0 Å². The van der Waals surface area contributed by atoms with E-state index in [2.05, 4.69) is 62.5 Å². The fraction of sp³-hybridized carbons (Fsp3) is 0.444. The normalized spacial score (nSPS) is 15.6. The molecule has 122 valence electrons. The van der Waals surface area contributed by atoms with Crippen LogP contribution in [0.15, 0.2) is 42.6 Å². The molecule has 2 heterocycles. The average Bonchev–Trinajstić information content (AvgIpc) is 2.61. The van der Waals surface area contributed by atoms with E-state index in [1.54, 1.807) is 0 Å². The van der Waals surface area contributed by atoms with Gasteiger partial charge in [-0.15, -0.1) is 0 Å². The van der Waals surface area contributed by atoms with Crippen molar-refractivity contribution in [1.82, 2.24) is 14.9 Å². The van der Waals surface area contributed by atoms with Crippen molar-refractivity contribution >= 4 is 11.8 Å². The maximum atomic E-state index is 4.65. The fourth-order valence-corrected chi connectivity index (χ4v) is 2.78. The summed E-state index contributed by atoms with van der Waals surface area (Å²) in [4.78, 5) is 13.7. The van der Waals surface area contributed by atoms with Crippen LogP contribution >= 0.6 is 0 Å². The fourth-order valence-electron chi connectivity index (χ4n) is 2.78. The molecule has 5 nitrogen and oxygen atoms in total. The summed E-state index contributed by atoms with van der Waals surface area (Å²) < 4.78 is 0. The van der Waals surface area contributed by atoms with E-state index in [1.807, 2.05) is 12.3 Å². The second-order valence-electron chi connectivity index (χ2n) is 6.04. The Hall–Kier alpha value is -2.14. The third-order valence-electron chi connectivity index (χ3n) is 4.24. The summed E-state index contributed by atoms with van der Waals surface area (Å²) in [6.45, 7) is 5.12. The molecular weight excluding hydrogens is 286 g/mol. The number of nitrogens with zero attached hydrogens (tertiary/aromatic N) is 4. The average molecular weight is 311 g/mol. The van der Waals surface area contributed by atoms with Crippen molar-refractivity contribution in [3.8, 4) is 0 Å². The smallest absolute Gasteiger partial charge is 0.224 e. The molecule has 23 heavy (non-hydrogen) atoms. The monoisotopic (exact) mass is 311 g/mol. The molecular formula is C18H25N5. The van der Waals surface area contributed by atoms with Gasteiger partial charge in [0.1, 0.15) is 5.82 Å². The minimum Gasteiger partial charge on any atom is -0.354 e. The first-order chi connectivity index (χ1) is 11.3. The van der Waals surface area contributed by atoms with Gasteiger partial charge in [0.15, 0.2) is 0 Å². The van der Waals surface area contributed by atoms with E-state index in [1.165, 1.54) is 5.56 Å².